The number of carbonyl (C=O) groups is 3. The number of amides is 1. The molecule has 2 aromatic carbocycles. The summed E-state index contributed by atoms with van der Waals surface area (Å²) in [6.07, 6.45) is 0.254. The number of fused-ring (bicyclic) bond motifs is 1. The van der Waals surface area contributed by atoms with Crippen molar-refractivity contribution >= 4 is 40.4 Å². The third-order valence-corrected chi connectivity index (χ3v) is 7.74. The van der Waals surface area contributed by atoms with E-state index in [9.17, 15) is 19.5 Å². The van der Waals surface area contributed by atoms with Gasteiger partial charge in [-0.25, -0.2) is 4.79 Å². The molecule has 3 N–H and O–H groups in total. The number of esters is 1. The first-order valence-electron chi connectivity index (χ1n) is 11.0. The van der Waals surface area contributed by atoms with Gasteiger partial charge in [-0.2, -0.15) is 0 Å². The summed E-state index contributed by atoms with van der Waals surface area (Å²) in [5, 5.41) is 24.5. The third kappa shape index (κ3) is 7.20. The highest BCUT2D eigenvalue weighted by atomic mass is 32.2. The van der Waals surface area contributed by atoms with Gasteiger partial charge in [-0.1, -0.05) is 43.3 Å². The summed E-state index contributed by atoms with van der Waals surface area (Å²) in [4.78, 5) is 35.4. The summed E-state index contributed by atoms with van der Waals surface area (Å²) in [5.74, 6) is -1.82. The molecule has 4 atom stereocenters. The van der Waals surface area contributed by atoms with Crippen LogP contribution < -0.4 is 5.32 Å². The molecule has 0 fully saturated rings. The molecule has 0 heterocycles. The maximum atomic E-state index is 12.6. The maximum Gasteiger partial charge on any atom is 0.329 e. The van der Waals surface area contributed by atoms with E-state index in [1.165, 1.54) is 25.8 Å². The van der Waals surface area contributed by atoms with E-state index in [2.05, 4.69) is 5.32 Å². The van der Waals surface area contributed by atoms with Gasteiger partial charge >= 0.3 is 11.9 Å². The van der Waals surface area contributed by atoms with Gasteiger partial charge in [-0.3, -0.25) is 9.59 Å². The molecule has 0 unspecified atom stereocenters. The van der Waals surface area contributed by atoms with Crippen LogP contribution in [0, 0.1) is 0 Å². The molecule has 0 radical (unpaired) electrons. The number of hydrogen-bond donors (Lipinski definition) is 3. The van der Waals surface area contributed by atoms with Gasteiger partial charge in [0, 0.05) is 18.1 Å². The number of aliphatic carboxylic acids is 1. The van der Waals surface area contributed by atoms with Crippen molar-refractivity contribution in [1.29, 1.82) is 0 Å². The van der Waals surface area contributed by atoms with Gasteiger partial charge in [0.1, 0.15) is 6.04 Å². The second kappa shape index (κ2) is 12.0. The number of aliphatic hydroxyl groups excluding tert-OH is 1. The fourth-order valence-electron chi connectivity index (χ4n) is 3.79. The number of carbonyl (C=O) groups excluding carboxylic acids is 2. The number of benzene rings is 2. The smallest absolute Gasteiger partial charge is 0.329 e. The quantitative estimate of drug-likeness (QED) is 0.397. The third-order valence-electron chi connectivity index (χ3n) is 5.84. The van der Waals surface area contributed by atoms with E-state index in [0.717, 1.165) is 16.3 Å². The second-order valence-corrected chi connectivity index (χ2v) is 10.00. The number of thioether (sulfide) groups is 1. The fourth-order valence-corrected chi connectivity index (χ4v) is 5.41. The number of nitrogens with one attached hydrogen (secondary N) is 1. The first kappa shape index (κ1) is 26.7. The van der Waals surface area contributed by atoms with Gasteiger partial charge in [0.05, 0.1) is 18.5 Å². The van der Waals surface area contributed by atoms with Crippen LogP contribution in [0.1, 0.15) is 57.3 Å². The predicted octanol–water partition coefficient (Wildman–Crippen LogP) is 4.08. The summed E-state index contributed by atoms with van der Waals surface area (Å²) in [6, 6.07) is 12.9. The molecule has 0 aromatic heterocycles. The normalized spacial score (nSPS) is 15.8. The zero-order chi connectivity index (χ0) is 24.6. The average molecular weight is 476 g/mol. The molecular formula is C25H33NO6S. The van der Waals surface area contributed by atoms with Crippen LogP contribution in [0.2, 0.25) is 0 Å². The maximum absolute atomic E-state index is 12.6. The zero-order valence-corrected chi connectivity index (χ0v) is 20.4. The Bertz CT molecular complexity index is 980. The summed E-state index contributed by atoms with van der Waals surface area (Å²) in [6.45, 7) is 5.13. The minimum absolute atomic E-state index is 0.0338. The largest absolute Gasteiger partial charge is 0.481 e. The van der Waals surface area contributed by atoms with Gasteiger partial charge < -0.3 is 20.3 Å². The highest BCUT2D eigenvalue weighted by Gasteiger charge is 2.43. The predicted molar refractivity (Wildman–Crippen MR) is 130 cm³/mol. The van der Waals surface area contributed by atoms with Crippen LogP contribution in [0.15, 0.2) is 42.5 Å². The Kier molecular flexibility index (Phi) is 9.73. The van der Waals surface area contributed by atoms with Gasteiger partial charge in [0.25, 0.3) is 0 Å². The van der Waals surface area contributed by atoms with Crippen molar-refractivity contribution in [2.75, 3.05) is 7.11 Å². The van der Waals surface area contributed by atoms with Gasteiger partial charge in [-0.15, -0.1) is 11.8 Å². The van der Waals surface area contributed by atoms with Crippen LogP contribution in [-0.2, 0) is 19.1 Å². The molecule has 1 amide bonds. The van der Waals surface area contributed by atoms with Gasteiger partial charge in [-0.05, 0) is 48.6 Å². The number of rotatable bonds is 12. The van der Waals surface area contributed by atoms with Crippen LogP contribution in [0.4, 0.5) is 0 Å². The molecule has 0 saturated carbocycles. The van der Waals surface area contributed by atoms with Crippen molar-refractivity contribution in [3.8, 4) is 0 Å². The van der Waals surface area contributed by atoms with Crippen molar-refractivity contribution in [2.24, 2.45) is 0 Å². The monoisotopic (exact) mass is 475 g/mol. The number of carboxylic acid groups (broad SMARTS) is 1. The van der Waals surface area contributed by atoms with Crippen molar-refractivity contribution < 1.29 is 29.3 Å². The number of carboxylic acids is 1. The molecule has 0 aliphatic heterocycles. The topological polar surface area (TPSA) is 113 Å². The summed E-state index contributed by atoms with van der Waals surface area (Å²) >= 11 is 1.40. The highest BCUT2D eigenvalue weighted by Crippen LogP contribution is 2.46. The average Bonchev–Trinajstić information content (AvgIpc) is 2.79. The lowest BCUT2D eigenvalue weighted by molar-refractivity contribution is -0.145. The van der Waals surface area contributed by atoms with E-state index in [-0.39, 0.29) is 12.3 Å². The Hall–Kier alpha value is -2.58. The van der Waals surface area contributed by atoms with Crippen molar-refractivity contribution in [3.05, 3.63) is 48.0 Å². The molecule has 33 heavy (non-hydrogen) atoms. The summed E-state index contributed by atoms with van der Waals surface area (Å²) < 4.78 is 4.17. The highest BCUT2D eigenvalue weighted by molar-refractivity contribution is 8.01. The minimum Gasteiger partial charge on any atom is -0.481 e. The van der Waals surface area contributed by atoms with Crippen LogP contribution in [0.25, 0.3) is 10.8 Å². The van der Waals surface area contributed by atoms with E-state index in [1.54, 1.807) is 0 Å². The molecule has 0 spiro atoms. The summed E-state index contributed by atoms with van der Waals surface area (Å²) in [5.41, 5.74) is 0.868. The van der Waals surface area contributed by atoms with E-state index >= 15 is 0 Å². The zero-order valence-electron chi connectivity index (χ0n) is 19.5. The van der Waals surface area contributed by atoms with Crippen LogP contribution in [0.3, 0.4) is 0 Å². The van der Waals surface area contributed by atoms with Crippen LogP contribution in [0.5, 0.6) is 0 Å². The van der Waals surface area contributed by atoms with Crippen LogP contribution >= 0.6 is 11.8 Å². The lowest BCUT2D eigenvalue weighted by Gasteiger charge is -2.39. The lowest BCUT2D eigenvalue weighted by Crippen LogP contribution is -2.54. The molecule has 0 aliphatic rings. The Balaban J connectivity index is 2.46. The Morgan fingerprint density at radius 3 is 2.39 bits per heavy atom. The molecule has 0 aliphatic carbocycles. The molecule has 2 aromatic rings. The van der Waals surface area contributed by atoms with E-state index in [4.69, 9.17) is 9.84 Å². The van der Waals surface area contributed by atoms with E-state index in [0.29, 0.717) is 19.3 Å². The second-order valence-electron chi connectivity index (χ2n) is 8.32. The number of aliphatic hydroxyl groups is 1. The summed E-state index contributed by atoms with van der Waals surface area (Å²) in [7, 11) is 1.28. The molecule has 0 saturated heterocycles. The Morgan fingerprint density at radius 2 is 1.82 bits per heavy atom. The molecule has 0 bridgehead atoms. The lowest BCUT2D eigenvalue weighted by atomic mass is 9.97. The molecule has 8 heteroatoms. The number of hydrogen-bond acceptors (Lipinski definition) is 6. The van der Waals surface area contributed by atoms with Crippen molar-refractivity contribution in [2.45, 2.75) is 68.6 Å². The molecule has 2 rings (SSSR count). The Labute approximate surface area is 198 Å². The molecular weight excluding hydrogens is 442 g/mol. The van der Waals surface area contributed by atoms with Crippen molar-refractivity contribution in [1.82, 2.24) is 5.32 Å². The number of methoxy groups -OCH3 is 1. The molecule has 180 valence electrons. The van der Waals surface area contributed by atoms with Crippen molar-refractivity contribution in [3.63, 3.8) is 0 Å². The van der Waals surface area contributed by atoms with Gasteiger partial charge in [0.15, 0.2) is 0 Å². The first-order chi connectivity index (χ1) is 15.6. The van der Waals surface area contributed by atoms with Crippen LogP contribution in [-0.4, -0.2) is 52.1 Å². The SMILES string of the molecule is CC[C@@](C)(S[C@H](c1ccc2ccccc2c1)[C@@H](O)CCCC(=O)O)[C@H](NC(C)=O)C(=O)OC. The Morgan fingerprint density at radius 1 is 1.15 bits per heavy atom. The van der Waals surface area contributed by atoms with Gasteiger partial charge in [0.2, 0.25) is 5.91 Å². The minimum atomic E-state index is -0.913. The number of ether oxygens (including phenoxy) is 1. The van der Waals surface area contributed by atoms with E-state index in [1.807, 2.05) is 56.3 Å². The standard InChI is InChI=1S/C25H33NO6S/c1-5-25(3,23(24(31)32-4)26-16(2)27)33-22(20(28)11-8-12-21(29)30)19-14-13-17-9-6-7-10-18(17)15-19/h6-7,9-10,13-15,20,22-23,28H,5,8,11-12H2,1-4H3,(H,26,27)(H,29,30)/t20-,22+,23+,25+/m0/s1. The molecule has 7 nitrogen and oxygen atoms in total. The fraction of sp³-hybridized carbons (Fsp3) is 0.480. The first-order valence-corrected chi connectivity index (χ1v) is 11.9. The van der Waals surface area contributed by atoms with E-state index < -0.39 is 34.1 Å².